The van der Waals surface area contributed by atoms with Crippen LogP contribution in [0.1, 0.15) is 31.9 Å². The third kappa shape index (κ3) is 3.62. The van der Waals surface area contributed by atoms with E-state index in [0.29, 0.717) is 10.4 Å². The van der Waals surface area contributed by atoms with E-state index in [1.54, 1.807) is 0 Å². The van der Waals surface area contributed by atoms with Gasteiger partial charge in [0.15, 0.2) is 0 Å². The van der Waals surface area contributed by atoms with Crippen molar-refractivity contribution in [2.45, 2.75) is 26.3 Å². The monoisotopic (exact) mass is 371 g/mol. The molecule has 0 radical (unpaired) electrons. The molecule has 0 saturated carbocycles. The summed E-state index contributed by atoms with van der Waals surface area (Å²) in [6, 6.07) is 3.54. The van der Waals surface area contributed by atoms with Crippen LogP contribution >= 0.6 is 44.3 Å². The van der Waals surface area contributed by atoms with Crippen LogP contribution in [0.3, 0.4) is 0 Å². The first-order valence-corrected chi connectivity index (χ1v) is 6.49. The van der Waals surface area contributed by atoms with E-state index in [1.165, 1.54) is 0 Å². The second-order valence-corrected chi connectivity index (χ2v) is 5.51. The molecular weight excluding hydrogens is 357 g/mol. The van der Waals surface area contributed by atoms with Crippen LogP contribution in [0.25, 0.3) is 0 Å². The number of phenolic OH excluding ortho intramolecular Hbond substituents is 1. The van der Waals surface area contributed by atoms with Crippen molar-refractivity contribution >= 4 is 44.3 Å². The van der Waals surface area contributed by atoms with Gasteiger partial charge >= 0.3 is 0 Å². The minimum atomic E-state index is -0.135. The molecule has 1 rings (SSSR count). The number of nitrogens with two attached hydrogens (primary N) is 1. The largest absolute Gasteiger partial charge is 0.506 e. The smallest absolute Gasteiger partial charge is 0.134 e. The normalized spacial score (nSPS) is 14.1. The predicted octanol–water partition coefficient (Wildman–Crippen LogP) is 4.38. The van der Waals surface area contributed by atoms with E-state index in [1.807, 2.05) is 12.1 Å². The van der Waals surface area contributed by atoms with Crippen molar-refractivity contribution in [2.24, 2.45) is 11.7 Å². The van der Waals surface area contributed by atoms with Gasteiger partial charge in [-0.1, -0.05) is 36.2 Å². The molecule has 0 amide bonds. The van der Waals surface area contributed by atoms with Crippen molar-refractivity contribution in [2.75, 3.05) is 0 Å². The Hall–Kier alpha value is 0.230. The molecule has 0 saturated heterocycles. The number of hydrogen-bond acceptors (Lipinski definition) is 2. The van der Waals surface area contributed by atoms with Crippen LogP contribution in [0.5, 0.6) is 5.75 Å². The lowest BCUT2D eigenvalue weighted by molar-refractivity contribution is 0.417. The van der Waals surface area contributed by atoms with Crippen LogP contribution in [0.15, 0.2) is 21.1 Å². The average molecular weight is 374 g/mol. The second kappa shape index (κ2) is 6.84. The molecule has 2 nitrogen and oxygen atoms in total. The highest BCUT2D eigenvalue weighted by Gasteiger charge is 2.18. The molecular formula is C11H16Br2ClNO. The molecule has 0 aromatic heterocycles. The molecule has 0 aliphatic rings. The van der Waals surface area contributed by atoms with E-state index in [9.17, 15) is 5.11 Å². The highest BCUT2D eigenvalue weighted by Crippen LogP contribution is 2.37. The maximum atomic E-state index is 9.89. The van der Waals surface area contributed by atoms with Gasteiger partial charge < -0.3 is 10.8 Å². The highest BCUT2D eigenvalue weighted by atomic mass is 79.9. The molecule has 5 heteroatoms. The van der Waals surface area contributed by atoms with Gasteiger partial charge in [-0.05, 0) is 34.0 Å². The van der Waals surface area contributed by atoms with E-state index in [0.717, 1.165) is 16.5 Å². The second-order valence-electron chi connectivity index (χ2n) is 3.74. The van der Waals surface area contributed by atoms with Gasteiger partial charge in [-0.25, -0.2) is 0 Å². The number of aromatic hydroxyl groups is 1. The molecule has 2 atom stereocenters. The Bertz CT molecular complexity index is 360. The van der Waals surface area contributed by atoms with Gasteiger partial charge in [0.1, 0.15) is 5.75 Å². The Morgan fingerprint density at radius 1 is 1.38 bits per heavy atom. The molecule has 1 aromatic rings. The zero-order chi connectivity index (χ0) is 11.6. The Balaban J connectivity index is 0.00000225. The number of phenols is 1. The van der Waals surface area contributed by atoms with Gasteiger partial charge in [0.05, 0.1) is 4.47 Å². The minimum Gasteiger partial charge on any atom is -0.506 e. The molecule has 0 aliphatic heterocycles. The highest BCUT2D eigenvalue weighted by molar-refractivity contribution is 9.11. The Morgan fingerprint density at radius 3 is 2.44 bits per heavy atom. The molecule has 0 heterocycles. The zero-order valence-electron chi connectivity index (χ0n) is 9.21. The predicted molar refractivity (Wildman–Crippen MR) is 77.1 cm³/mol. The molecule has 0 aliphatic carbocycles. The van der Waals surface area contributed by atoms with Crippen molar-refractivity contribution in [1.82, 2.24) is 0 Å². The summed E-state index contributed by atoms with van der Waals surface area (Å²) in [4.78, 5) is 0. The van der Waals surface area contributed by atoms with E-state index in [4.69, 9.17) is 5.73 Å². The first kappa shape index (κ1) is 16.2. The number of rotatable bonds is 3. The minimum absolute atomic E-state index is 0. The molecule has 16 heavy (non-hydrogen) atoms. The SMILES string of the molecule is CCC(C)[C@@H](N)c1cc(Br)cc(Br)c1O.Cl. The fourth-order valence-corrected chi connectivity index (χ4v) is 2.66. The summed E-state index contributed by atoms with van der Waals surface area (Å²) in [5.41, 5.74) is 6.87. The van der Waals surface area contributed by atoms with E-state index < -0.39 is 0 Å². The third-order valence-corrected chi connectivity index (χ3v) is 3.74. The first-order valence-electron chi connectivity index (χ1n) is 4.90. The van der Waals surface area contributed by atoms with Crippen LogP contribution in [-0.4, -0.2) is 5.11 Å². The van der Waals surface area contributed by atoms with Crippen molar-refractivity contribution in [1.29, 1.82) is 0 Å². The summed E-state index contributed by atoms with van der Waals surface area (Å²) in [5.74, 6) is 0.586. The molecule has 3 N–H and O–H groups in total. The summed E-state index contributed by atoms with van der Waals surface area (Å²) in [7, 11) is 0. The molecule has 92 valence electrons. The maximum absolute atomic E-state index is 9.89. The van der Waals surface area contributed by atoms with Crippen LogP contribution in [-0.2, 0) is 0 Å². The lowest BCUT2D eigenvalue weighted by atomic mass is 9.93. The molecule has 0 spiro atoms. The van der Waals surface area contributed by atoms with E-state index in [2.05, 4.69) is 45.7 Å². The van der Waals surface area contributed by atoms with E-state index in [-0.39, 0.29) is 24.2 Å². The van der Waals surface area contributed by atoms with Gasteiger partial charge in [-0.15, -0.1) is 12.4 Å². The standard InChI is InChI=1S/C11H15Br2NO.ClH/c1-3-6(2)10(14)8-4-7(12)5-9(13)11(8)15;/h4-6,10,15H,3,14H2,1-2H3;1H/t6?,10-;/m1./s1. The average Bonchev–Trinajstić information content (AvgIpc) is 2.21. The van der Waals surface area contributed by atoms with E-state index >= 15 is 0 Å². The van der Waals surface area contributed by atoms with Crippen LogP contribution in [0.2, 0.25) is 0 Å². The summed E-state index contributed by atoms with van der Waals surface area (Å²) in [5, 5.41) is 9.89. The van der Waals surface area contributed by atoms with Gasteiger partial charge in [-0.3, -0.25) is 0 Å². The van der Waals surface area contributed by atoms with Crippen molar-refractivity contribution in [3.8, 4) is 5.75 Å². The topological polar surface area (TPSA) is 46.2 Å². The number of benzene rings is 1. The molecule has 0 fully saturated rings. The molecule has 1 unspecified atom stereocenters. The summed E-state index contributed by atoms with van der Waals surface area (Å²) < 4.78 is 1.59. The van der Waals surface area contributed by atoms with Crippen LogP contribution < -0.4 is 5.73 Å². The van der Waals surface area contributed by atoms with Gasteiger partial charge in [0.25, 0.3) is 0 Å². The quantitative estimate of drug-likeness (QED) is 0.826. The van der Waals surface area contributed by atoms with Crippen LogP contribution in [0.4, 0.5) is 0 Å². The number of hydrogen-bond donors (Lipinski definition) is 2. The lowest BCUT2D eigenvalue weighted by Crippen LogP contribution is -2.18. The summed E-state index contributed by atoms with van der Waals surface area (Å²) in [6.07, 6.45) is 0.991. The van der Waals surface area contributed by atoms with Crippen molar-refractivity contribution in [3.63, 3.8) is 0 Å². The summed E-state index contributed by atoms with van der Waals surface area (Å²) in [6.45, 7) is 4.17. The summed E-state index contributed by atoms with van der Waals surface area (Å²) >= 11 is 6.69. The zero-order valence-corrected chi connectivity index (χ0v) is 13.2. The third-order valence-electron chi connectivity index (χ3n) is 2.67. The molecule has 0 bridgehead atoms. The molecule has 1 aromatic carbocycles. The van der Waals surface area contributed by atoms with Crippen molar-refractivity contribution in [3.05, 3.63) is 26.6 Å². The fraction of sp³-hybridized carbons (Fsp3) is 0.455. The Morgan fingerprint density at radius 2 is 1.94 bits per heavy atom. The lowest BCUT2D eigenvalue weighted by Gasteiger charge is -2.20. The van der Waals surface area contributed by atoms with Gasteiger partial charge in [-0.2, -0.15) is 0 Å². The maximum Gasteiger partial charge on any atom is 0.134 e. The van der Waals surface area contributed by atoms with Crippen LogP contribution in [0, 0.1) is 5.92 Å². The van der Waals surface area contributed by atoms with Crippen molar-refractivity contribution < 1.29 is 5.11 Å². The number of halogens is 3. The fourth-order valence-electron chi connectivity index (χ4n) is 1.40. The Labute approximate surface area is 119 Å². The van der Waals surface area contributed by atoms with Gasteiger partial charge in [0, 0.05) is 16.1 Å². The first-order chi connectivity index (χ1) is 6.97. The van der Waals surface area contributed by atoms with Gasteiger partial charge in [0.2, 0.25) is 0 Å². The Kier molecular flexibility index (Phi) is 6.94.